The summed E-state index contributed by atoms with van der Waals surface area (Å²) in [4.78, 5) is 2.04. The highest BCUT2D eigenvalue weighted by Gasteiger charge is 2.15. The van der Waals surface area contributed by atoms with E-state index in [0.717, 1.165) is 11.4 Å². The third kappa shape index (κ3) is 2.28. The first-order valence-electron chi connectivity index (χ1n) is 5.32. The van der Waals surface area contributed by atoms with Gasteiger partial charge < -0.3 is 9.64 Å². The van der Waals surface area contributed by atoms with Crippen molar-refractivity contribution in [2.45, 2.75) is 20.8 Å². The Bertz CT molecular complexity index is 377. The van der Waals surface area contributed by atoms with Crippen molar-refractivity contribution in [2.24, 2.45) is 5.84 Å². The summed E-state index contributed by atoms with van der Waals surface area (Å²) in [6.45, 7) is 6.83. The van der Waals surface area contributed by atoms with Crippen LogP contribution in [0.4, 0.5) is 5.69 Å². The zero-order chi connectivity index (χ0) is 12.3. The van der Waals surface area contributed by atoms with Crippen molar-refractivity contribution in [1.29, 1.82) is 0 Å². The van der Waals surface area contributed by atoms with Gasteiger partial charge in [-0.3, -0.25) is 5.84 Å². The molecular formula is C12H21N3O. The normalized spacial score (nSPS) is 10.4. The van der Waals surface area contributed by atoms with E-state index >= 15 is 0 Å². The number of ether oxygens (including phenoxy) is 1. The number of methoxy groups -OCH3 is 1. The minimum atomic E-state index is 0.583. The highest BCUT2D eigenvalue weighted by molar-refractivity contribution is 5.67. The number of anilines is 1. The maximum absolute atomic E-state index is 5.49. The first kappa shape index (κ1) is 12.8. The van der Waals surface area contributed by atoms with E-state index in [-0.39, 0.29) is 0 Å². The van der Waals surface area contributed by atoms with Gasteiger partial charge in [-0.05, 0) is 37.5 Å². The summed E-state index contributed by atoms with van der Waals surface area (Å²) in [6.07, 6.45) is 0. The van der Waals surface area contributed by atoms with Gasteiger partial charge in [0.05, 0.1) is 19.5 Å². The van der Waals surface area contributed by atoms with Crippen LogP contribution in [0.2, 0.25) is 0 Å². The fraction of sp³-hybridized carbons (Fsp3) is 0.500. The summed E-state index contributed by atoms with van der Waals surface area (Å²) >= 11 is 0. The van der Waals surface area contributed by atoms with Crippen molar-refractivity contribution in [2.75, 3.05) is 25.7 Å². The van der Waals surface area contributed by atoms with E-state index < -0.39 is 0 Å². The molecule has 0 amide bonds. The Morgan fingerprint density at radius 2 is 1.94 bits per heavy atom. The Morgan fingerprint density at radius 3 is 2.44 bits per heavy atom. The number of hydrogen-bond donors (Lipinski definition) is 2. The lowest BCUT2D eigenvalue weighted by Gasteiger charge is -2.25. The maximum atomic E-state index is 5.49. The minimum absolute atomic E-state index is 0.583. The molecule has 16 heavy (non-hydrogen) atoms. The van der Waals surface area contributed by atoms with Crippen molar-refractivity contribution in [3.05, 3.63) is 22.8 Å². The third-order valence-corrected chi connectivity index (χ3v) is 2.87. The standard InChI is InChI=1S/C12H21N3O/c1-8-6-9(2)11(15(4)7-14-13)12(16-5)10(8)3/h6,14H,7,13H2,1-5H3. The van der Waals surface area contributed by atoms with Gasteiger partial charge in [0.1, 0.15) is 5.75 Å². The van der Waals surface area contributed by atoms with Crippen LogP contribution in [0.3, 0.4) is 0 Å². The highest BCUT2D eigenvalue weighted by Crippen LogP contribution is 2.36. The molecule has 1 rings (SSSR count). The SMILES string of the molecule is COc1c(C)c(C)cc(C)c1N(C)CNN. The smallest absolute Gasteiger partial charge is 0.145 e. The van der Waals surface area contributed by atoms with Crippen molar-refractivity contribution >= 4 is 5.69 Å². The van der Waals surface area contributed by atoms with E-state index in [4.69, 9.17) is 10.6 Å². The summed E-state index contributed by atoms with van der Waals surface area (Å²) in [5.41, 5.74) is 7.34. The molecule has 0 radical (unpaired) electrons. The molecule has 1 aromatic rings. The van der Waals surface area contributed by atoms with Crippen LogP contribution >= 0.6 is 0 Å². The number of benzene rings is 1. The number of nitrogens with two attached hydrogens (primary N) is 1. The van der Waals surface area contributed by atoms with Gasteiger partial charge in [-0.2, -0.15) is 0 Å². The summed E-state index contributed by atoms with van der Waals surface area (Å²) in [7, 11) is 3.69. The number of nitrogens with zero attached hydrogens (tertiary/aromatic N) is 1. The van der Waals surface area contributed by atoms with Gasteiger partial charge in [0.2, 0.25) is 0 Å². The Labute approximate surface area is 97.4 Å². The second-order valence-corrected chi connectivity index (χ2v) is 4.08. The fourth-order valence-corrected chi connectivity index (χ4v) is 1.98. The molecule has 0 aliphatic heterocycles. The molecule has 0 atom stereocenters. The first-order chi connectivity index (χ1) is 7.52. The molecule has 3 N–H and O–H groups in total. The van der Waals surface area contributed by atoms with Gasteiger partial charge in [-0.25, -0.2) is 5.43 Å². The predicted octanol–water partition coefficient (Wildman–Crippen LogP) is 1.48. The molecule has 4 heteroatoms. The van der Waals surface area contributed by atoms with Gasteiger partial charge in [0.25, 0.3) is 0 Å². The summed E-state index contributed by atoms with van der Waals surface area (Å²) in [5, 5.41) is 0. The van der Waals surface area contributed by atoms with E-state index in [1.807, 2.05) is 11.9 Å². The number of hydrogen-bond acceptors (Lipinski definition) is 4. The zero-order valence-corrected chi connectivity index (χ0v) is 10.7. The second kappa shape index (κ2) is 5.18. The van der Waals surface area contributed by atoms with E-state index in [1.54, 1.807) is 7.11 Å². The molecule has 0 fully saturated rings. The largest absolute Gasteiger partial charge is 0.494 e. The Morgan fingerprint density at radius 1 is 1.31 bits per heavy atom. The van der Waals surface area contributed by atoms with Gasteiger partial charge in [0.15, 0.2) is 0 Å². The Hall–Kier alpha value is -1.26. The van der Waals surface area contributed by atoms with Gasteiger partial charge in [-0.15, -0.1) is 0 Å². The Balaban J connectivity index is 3.30. The molecule has 0 saturated carbocycles. The van der Waals surface area contributed by atoms with Gasteiger partial charge in [0, 0.05) is 7.05 Å². The quantitative estimate of drug-likeness (QED) is 0.461. The molecule has 4 nitrogen and oxygen atoms in total. The molecule has 0 saturated heterocycles. The maximum Gasteiger partial charge on any atom is 0.145 e. The minimum Gasteiger partial charge on any atom is -0.494 e. The average Bonchev–Trinajstić information content (AvgIpc) is 2.23. The summed E-state index contributed by atoms with van der Waals surface area (Å²) in [5.74, 6) is 6.27. The van der Waals surface area contributed by atoms with E-state index in [2.05, 4.69) is 32.3 Å². The van der Waals surface area contributed by atoms with Crippen LogP contribution in [0.15, 0.2) is 6.07 Å². The van der Waals surface area contributed by atoms with Gasteiger partial charge >= 0.3 is 0 Å². The molecule has 1 aromatic carbocycles. The summed E-state index contributed by atoms with van der Waals surface area (Å²) < 4.78 is 5.49. The van der Waals surface area contributed by atoms with Crippen LogP contribution in [-0.4, -0.2) is 20.8 Å². The second-order valence-electron chi connectivity index (χ2n) is 4.08. The van der Waals surface area contributed by atoms with Crippen LogP contribution in [0.1, 0.15) is 16.7 Å². The van der Waals surface area contributed by atoms with E-state index in [0.29, 0.717) is 6.67 Å². The Kier molecular flexibility index (Phi) is 4.15. The molecule has 0 bridgehead atoms. The topological polar surface area (TPSA) is 50.5 Å². The number of nitrogens with one attached hydrogen (secondary N) is 1. The number of hydrazine groups is 1. The van der Waals surface area contributed by atoms with Crippen LogP contribution in [0.5, 0.6) is 5.75 Å². The molecule has 0 aliphatic rings. The molecular weight excluding hydrogens is 202 g/mol. The summed E-state index contributed by atoms with van der Waals surface area (Å²) in [6, 6.07) is 2.17. The zero-order valence-electron chi connectivity index (χ0n) is 10.7. The molecule has 0 spiro atoms. The highest BCUT2D eigenvalue weighted by atomic mass is 16.5. The number of rotatable bonds is 4. The first-order valence-corrected chi connectivity index (χ1v) is 5.32. The van der Waals surface area contributed by atoms with Crippen LogP contribution in [0, 0.1) is 20.8 Å². The molecule has 0 aromatic heterocycles. The van der Waals surface area contributed by atoms with Crippen molar-refractivity contribution in [1.82, 2.24) is 5.43 Å². The van der Waals surface area contributed by atoms with Crippen LogP contribution in [-0.2, 0) is 0 Å². The third-order valence-electron chi connectivity index (χ3n) is 2.87. The fourth-order valence-electron chi connectivity index (χ4n) is 1.98. The number of aryl methyl sites for hydroxylation is 2. The lowest BCUT2D eigenvalue weighted by molar-refractivity contribution is 0.410. The van der Waals surface area contributed by atoms with E-state index in [1.165, 1.54) is 16.7 Å². The van der Waals surface area contributed by atoms with Gasteiger partial charge in [-0.1, -0.05) is 6.07 Å². The monoisotopic (exact) mass is 223 g/mol. The lowest BCUT2D eigenvalue weighted by atomic mass is 10.0. The van der Waals surface area contributed by atoms with E-state index in [9.17, 15) is 0 Å². The van der Waals surface area contributed by atoms with Crippen molar-refractivity contribution < 1.29 is 4.74 Å². The lowest BCUT2D eigenvalue weighted by Crippen LogP contribution is -2.36. The average molecular weight is 223 g/mol. The molecule has 0 heterocycles. The van der Waals surface area contributed by atoms with Crippen LogP contribution in [0.25, 0.3) is 0 Å². The van der Waals surface area contributed by atoms with Crippen molar-refractivity contribution in [3.8, 4) is 5.75 Å². The predicted molar refractivity (Wildman–Crippen MR) is 67.8 cm³/mol. The van der Waals surface area contributed by atoms with Crippen molar-refractivity contribution in [3.63, 3.8) is 0 Å². The van der Waals surface area contributed by atoms with Crippen LogP contribution < -0.4 is 20.9 Å². The molecule has 0 aliphatic carbocycles. The molecule has 90 valence electrons. The molecule has 0 unspecified atom stereocenters.